The third-order valence-electron chi connectivity index (χ3n) is 6.74. The van der Waals surface area contributed by atoms with E-state index in [1.165, 1.54) is 0 Å². The lowest BCUT2D eigenvalue weighted by Crippen LogP contribution is -2.39. The second-order valence-corrected chi connectivity index (χ2v) is 10.2. The number of fused-ring (bicyclic) bond motifs is 1. The van der Waals surface area contributed by atoms with E-state index in [-0.39, 0.29) is 24.5 Å². The summed E-state index contributed by atoms with van der Waals surface area (Å²) in [6, 6.07) is 22.5. The molecule has 2 heterocycles. The number of hydrogen-bond donors (Lipinski definition) is 2. The van der Waals surface area contributed by atoms with Crippen molar-refractivity contribution in [1.82, 2.24) is 10.2 Å². The van der Waals surface area contributed by atoms with Crippen molar-refractivity contribution in [3.8, 4) is 5.75 Å². The molecule has 0 unspecified atom stereocenters. The SMILES string of the molecule is O=C(O)C(F)(F)F.O=C(c1ccc(Cl)cc1)N1CC(=O)N(Cc2ccc(OC3CCNCC3)cc2)c2ccccc2C1. The summed E-state index contributed by atoms with van der Waals surface area (Å²) in [4.78, 5) is 38.8. The number of amides is 2. The third-order valence-corrected chi connectivity index (χ3v) is 7.00. The number of aliphatic carboxylic acids is 1. The van der Waals surface area contributed by atoms with Crippen molar-refractivity contribution in [3.05, 3.63) is 94.5 Å². The summed E-state index contributed by atoms with van der Waals surface area (Å²) < 4.78 is 37.9. The molecule has 3 aromatic carbocycles. The lowest BCUT2D eigenvalue weighted by atomic mass is 10.1. The number of alkyl halides is 3. The first-order valence-electron chi connectivity index (χ1n) is 13.2. The molecule has 0 aromatic heterocycles. The van der Waals surface area contributed by atoms with Crippen LogP contribution in [0.4, 0.5) is 18.9 Å². The highest BCUT2D eigenvalue weighted by Crippen LogP contribution is 2.29. The second kappa shape index (κ2) is 13.7. The lowest BCUT2D eigenvalue weighted by molar-refractivity contribution is -0.192. The Morgan fingerprint density at radius 1 is 0.952 bits per heavy atom. The van der Waals surface area contributed by atoms with Gasteiger partial charge in [-0.1, -0.05) is 41.9 Å². The van der Waals surface area contributed by atoms with E-state index >= 15 is 0 Å². The van der Waals surface area contributed by atoms with Crippen molar-refractivity contribution in [2.75, 3.05) is 24.5 Å². The molecular weight excluding hydrogens is 575 g/mol. The normalized spacial score (nSPS) is 15.7. The number of rotatable bonds is 5. The quantitative estimate of drug-likeness (QED) is 0.411. The number of anilines is 1. The van der Waals surface area contributed by atoms with Crippen LogP contribution in [-0.4, -0.2) is 59.7 Å². The Bertz CT molecular complexity index is 1390. The van der Waals surface area contributed by atoms with E-state index in [1.807, 2.05) is 48.5 Å². The highest BCUT2D eigenvalue weighted by molar-refractivity contribution is 6.30. The van der Waals surface area contributed by atoms with Gasteiger partial charge < -0.3 is 25.0 Å². The fraction of sp³-hybridized carbons (Fsp3) is 0.300. The minimum absolute atomic E-state index is 0.00699. The van der Waals surface area contributed by atoms with Crippen LogP contribution in [0, 0.1) is 0 Å². The average molecular weight is 604 g/mol. The number of carboxylic acids is 1. The molecule has 0 atom stereocenters. The van der Waals surface area contributed by atoms with Crippen molar-refractivity contribution in [2.45, 2.75) is 38.2 Å². The van der Waals surface area contributed by atoms with Crippen LogP contribution in [0.5, 0.6) is 5.75 Å². The van der Waals surface area contributed by atoms with Crippen LogP contribution in [0.2, 0.25) is 5.02 Å². The van der Waals surface area contributed by atoms with E-state index in [2.05, 4.69) is 5.32 Å². The van der Waals surface area contributed by atoms with Gasteiger partial charge in [-0.2, -0.15) is 13.2 Å². The van der Waals surface area contributed by atoms with Crippen LogP contribution in [0.3, 0.4) is 0 Å². The molecule has 0 aliphatic carbocycles. The van der Waals surface area contributed by atoms with Crippen molar-refractivity contribution in [3.63, 3.8) is 0 Å². The summed E-state index contributed by atoms with van der Waals surface area (Å²) in [6.07, 6.45) is -2.83. The van der Waals surface area contributed by atoms with Crippen LogP contribution >= 0.6 is 11.6 Å². The molecule has 222 valence electrons. The average Bonchev–Trinajstić information content (AvgIpc) is 3.10. The number of carbonyl (C=O) groups excluding carboxylic acids is 2. The topological polar surface area (TPSA) is 99.2 Å². The number of hydrogen-bond acceptors (Lipinski definition) is 5. The zero-order chi connectivity index (χ0) is 30.3. The van der Waals surface area contributed by atoms with Crippen molar-refractivity contribution >= 4 is 35.1 Å². The zero-order valence-corrected chi connectivity index (χ0v) is 23.2. The minimum Gasteiger partial charge on any atom is -0.490 e. The molecule has 42 heavy (non-hydrogen) atoms. The van der Waals surface area contributed by atoms with E-state index in [0.717, 1.165) is 48.5 Å². The zero-order valence-electron chi connectivity index (χ0n) is 22.4. The number of carbonyl (C=O) groups is 3. The van der Waals surface area contributed by atoms with Gasteiger partial charge >= 0.3 is 12.1 Å². The predicted octanol–water partition coefficient (Wildman–Crippen LogP) is 5.29. The smallest absolute Gasteiger partial charge is 0.490 e. The summed E-state index contributed by atoms with van der Waals surface area (Å²) in [5, 5.41) is 11.0. The first-order chi connectivity index (χ1) is 20.0. The number of nitrogens with zero attached hydrogens (tertiary/aromatic N) is 2. The van der Waals surface area contributed by atoms with Gasteiger partial charge in [0.25, 0.3) is 5.91 Å². The van der Waals surface area contributed by atoms with Gasteiger partial charge in [0.15, 0.2) is 0 Å². The molecule has 2 aliphatic heterocycles. The number of carboxylic acid groups (broad SMARTS) is 1. The molecule has 1 saturated heterocycles. The summed E-state index contributed by atoms with van der Waals surface area (Å²) in [6.45, 7) is 2.76. The number of benzene rings is 3. The Morgan fingerprint density at radius 2 is 1.57 bits per heavy atom. The number of piperidine rings is 1. The summed E-state index contributed by atoms with van der Waals surface area (Å²) in [7, 11) is 0. The maximum absolute atomic E-state index is 13.4. The van der Waals surface area contributed by atoms with Crippen LogP contribution in [-0.2, 0) is 22.7 Å². The molecule has 5 rings (SSSR count). The fourth-order valence-corrected chi connectivity index (χ4v) is 4.73. The first kappa shape index (κ1) is 30.9. The van der Waals surface area contributed by atoms with E-state index in [9.17, 15) is 22.8 Å². The maximum Gasteiger partial charge on any atom is 0.490 e. The van der Waals surface area contributed by atoms with Gasteiger partial charge in [0, 0.05) is 22.8 Å². The van der Waals surface area contributed by atoms with Gasteiger partial charge in [0.1, 0.15) is 18.4 Å². The number of nitrogens with one attached hydrogen (secondary N) is 1. The van der Waals surface area contributed by atoms with Crippen LogP contribution in [0.25, 0.3) is 0 Å². The Kier molecular flexibility index (Phi) is 10.1. The molecule has 8 nitrogen and oxygen atoms in total. The predicted molar refractivity (Wildman–Crippen MR) is 150 cm³/mol. The molecule has 2 amide bonds. The molecular formula is C30H29ClF3N3O5. The Morgan fingerprint density at radius 3 is 2.19 bits per heavy atom. The standard InChI is InChI=1S/C28H28ClN3O3.C2HF3O2/c29-23-9-7-21(8-10-23)28(34)31-18-22-3-1-2-4-26(22)32(27(33)19-31)17-20-5-11-24(12-6-20)35-25-13-15-30-16-14-25;3-2(4,5)1(6)7/h1-12,25,30H,13-19H2;(H,6,7). The number of ether oxygens (including phenoxy) is 1. The summed E-state index contributed by atoms with van der Waals surface area (Å²) in [5.74, 6) is -2.21. The second-order valence-electron chi connectivity index (χ2n) is 9.79. The third kappa shape index (κ3) is 8.23. The van der Waals surface area contributed by atoms with Gasteiger partial charge in [-0.15, -0.1) is 0 Å². The van der Waals surface area contributed by atoms with E-state index in [1.54, 1.807) is 34.1 Å². The minimum atomic E-state index is -5.08. The Labute approximate surface area is 245 Å². The highest BCUT2D eigenvalue weighted by Gasteiger charge is 2.38. The molecule has 3 aromatic rings. The fourth-order valence-electron chi connectivity index (χ4n) is 4.61. The molecule has 2 N–H and O–H groups in total. The van der Waals surface area contributed by atoms with Crippen LogP contribution in [0.1, 0.15) is 34.3 Å². The van der Waals surface area contributed by atoms with Crippen molar-refractivity contribution in [1.29, 1.82) is 0 Å². The summed E-state index contributed by atoms with van der Waals surface area (Å²) >= 11 is 5.98. The Balaban J connectivity index is 0.000000517. The van der Waals surface area contributed by atoms with Gasteiger partial charge in [-0.3, -0.25) is 9.59 Å². The molecule has 0 radical (unpaired) electrons. The molecule has 0 bridgehead atoms. The van der Waals surface area contributed by atoms with E-state index < -0.39 is 12.1 Å². The molecule has 12 heteroatoms. The van der Waals surface area contributed by atoms with Crippen molar-refractivity contribution < 1.29 is 37.4 Å². The first-order valence-corrected chi connectivity index (χ1v) is 13.6. The number of halogens is 4. The molecule has 2 aliphatic rings. The molecule has 1 fully saturated rings. The van der Waals surface area contributed by atoms with E-state index in [0.29, 0.717) is 23.7 Å². The monoisotopic (exact) mass is 603 g/mol. The maximum atomic E-state index is 13.4. The Hall–Kier alpha value is -4.09. The lowest BCUT2D eigenvalue weighted by Gasteiger charge is -2.25. The van der Waals surface area contributed by atoms with Gasteiger partial charge in [0.2, 0.25) is 5.91 Å². The van der Waals surface area contributed by atoms with Gasteiger partial charge in [-0.05, 0) is 79.5 Å². The summed E-state index contributed by atoms with van der Waals surface area (Å²) in [5.41, 5.74) is 3.28. The van der Waals surface area contributed by atoms with Crippen molar-refractivity contribution in [2.24, 2.45) is 0 Å². The highest BCUT2D eigenvalue weighted by atomic mass is 35.5. The number of para-hydroxylation sites is 1. The largest absolute Gasteiger partial charge is 0.490 e. The van der Waals surface area contributed by atoms with Crippen LogP contribution in [0.15, 0.2) is 72.8 Å². The van der Waals surface area contributed by atoms with E-state index in [4.69, 9.17) is 26.2 Å². The van der Waals surface area contributed by atoms with Crippen LogP contribution < -0.4 is 15.0 Å². The van der Waals surface area contributed by atoms with Gasteiger partial charge in [0.05, 0.1) is 6.54 Å². The molecule has 0 spiro atoms. The van der Waals surface area contributed by atoms with Gasteiger partial charge in [-0.25, -0.2) is 4.79 Å². The molecule has 0 saturated carbocycles.